The monoisotopic (exact) mass is 361 g/mol. The molecule has 1 aliphatic heterocycles. The fraction of sp³-hybridized carbons (Fsp3) is 0.462. The minimum absolute atomic E-state index is 0.0638. The second kappa shape index (κ2) is 6.38. The smallest absolute Gasteiger partial charge is 0.251 e. The van der Waals surface area contributed by atoms with Crippen LogP contribution in [-0.4, -0.2) is 32.3 Å². The van der Waals surface area contributed by atoms with Gasteiger partial charge in [-0.3, -0.25) is 4.79 Å². The van der Waals surface area contributed by atoms with Crippen LogP contribution in [0.1, 0.15) is 23.2 Å². The number of nitrogens with one attached hydrogen (secondary N) is 1. The maximum absolute atomic E-state index is 11.9. The summed E-state index contributed by atoms with van der Waals surface area (Å²) in [7, 11) is 1.62. The molecule has 0 spiro atoms. The van der Waals surface area contributed by atoms with Gasteiger partial charge in [0.2, 0.25) is 0 Å². The molecule has 0 saturated carbocycles. The molecule has 18 heavy (non-hydrogen) atoms. The first-order chi connectivity index (χ1) is 8.70. The highest BCUT2D eigenvalue weighted by Gasteiger charge is 2.17. The first-order valence-corrected chi connectivity index (χ1v) is 7.02. The third kappa shape index (κ3) is 3.35. The van der Waals surface area contributed by atoms with E-state index in [4.69, 9.17) is 9.47 Å². The number of rotatable bonds is 4. The topological polar surface area (TPSA) is 47.6 Å². The van der Waals surface area contributed by atoms with Crippen LogP contribution in [0.2, 0.25) is 0 Å². The Morgan fingerprint density at radius 1 is 1.61 bits per heavy atom. The molecule has 98 valence electrons. The quantitative estimate of drug-likeness (QED) is 0.837. The van der Waals surface area contributed by atoms with Crippen molar-refractivity contribution in [2.45, 2.75) is 18.9 Å². The molecule has 1 heterocycles. The van der Waals surface area contributed by atoms with E-state index in [9.17, 15) is 4.79 Å². The third-order valence-electron chi connectivity index (χ3n) is 2.93. The van der Waals surface area contributed by atoms with Gasteiger partial charge in [0.15, 0.2) is 0 Å². The zero-order valence-electron chi connectivity index (χ0n) is 10.2. The summed E-state index contributed by atoms with van der Waals surface area (Å²) in [5, 5.41) is 2.90. The average molecular weight is 361 g/mol. The lowest BCUT2D eigenvalue weighted by Crippen LogP contribution is -2.31. The van der Waals surface area contributed by atoms with Crippen LogP contribution in [0, 0.1) is 3.57 Å². The Morgan fingerprint density at radius 2 is 2.44 bits per heavy atom. The number of halogens is 1. The lowest BCUT2D eigenvalue weighted by Gasteiger charge is -2.11. The predicted octanol–water partition coefficient (Wildman–Crippen LogP) is 2.21. The molecule has 0 aliphatic carbocycles. The summed E-state index contributed by atoms with van der Waals surface area (Å²) in [4.78, 5) is 11.9. The van der Waals surface area contributed by atoms with Gasteiger partial charge in [-0.15, -0.1) is 0 Å². The Hall–Kier alpha value is -0.820. The van der Waals surface area contributed by atoms with Crippen LogP contribution in [-0.2, 0) is 4.74 Å². The zero-order valence-corrected chi connectivity index (χ0v) is 12.4. The van der Waals surface area contributed by atoms with Gasteiger partial charge in [0.1, 0.15) is 5.75 Å². The summed E-state index contributed by atoms with van der Waals surface area (Å²) in [6, 6.07) is 5.40. The van der Waals surface area contributed by atoms with E-state index in [0.717, 1.165) is 28.8 Å². The number of ether oxygens (including phenoxy) is 2. The first kappa shape index (κ1) is 13.6. The third-order valence-corrected chi connectivity index (χ3v) is 3.77. The zero-order chi connectivity index (χ0) is 13.0. The molecule has 5 heteroatoms. The summed E-state index contributed by atoms with van der Waals surface area (Å²) in [5.41, 5.74) is 0.651. The van der Waals surface area contributed by atoms with Crippen molar-refractivity contribution in [2.24, 2.45) is 0 Å². The Morgan fingerprint density at radius 3 is 3.06 bits per heavy atom. The fourth-order valence-corrected chi connectivity index (χ4v) is 2.66. The normalized spacial score (nSPS) is 18.7. The van der Waals surface area contributed by atoms with E-state index < -0.39 is 0 Å². The molecule has 1 N–H and O–H groups in total. The van der Waals surface area contributed by atoms with E-state index in [1.165, 1.54) is 0 Å². The largest absolute Gasteiger partial charge is 0.496 e. The average Bonchev–Trinajstić information content (AvgIpc) is 2.89. The van der Waals surface area contributed by atoms with Gasteiger partial charge in [0, 0.05) is 18.7 Å². The molecule has 0 unspecified atom stereocenters. The molecular weight excluding hydrogens is 345 g/mol. The maximum Gasteiger partial charge on any atom is 0.251 e. The Bertz CT molecular complexity index is 430. The van der Waals surface area contributed by atoms with E-state index in [1.54, 1.807) is 13.2 Å². The van der Waals surface area contributed by atoms with Crippen molar-refractivity contribution in [3.05, 3.63) is 27.3 Å². The summed E-state index contributed by atoms with van der Waals surface area (Å²) in [5.74, 6) is 0.720. The van der Waals surface area contributed by atoms with E-state index in [1.807, 2.05) is 12.1 Å². The van der Waals surface area contributed by atoms with Gasteiger partial charge in [0.25, 0.3) is 5.91 Å². The standard InChI is InChI=1S/C13H16INO3/c1-17-12-5-4-9(7-11(12)14)13(16)15-8-10-3-2-6-18-10/h4-5,7,10H,2-3,6,8H2,1H3,(H,15,16)/t10-/m1/s1. The molecular formula is C13H16INO3. The van der Waals surface area contributed by atoms with Crippen molar-refractivity contribution < 1.29 is 14.3 Å². The van der Waals surface area contributed by atoms with Crippen LogP contribution in [0.3, 0.4) is 0 Å². The molecule has 1 fully saturated rings. The predicted molar refractivity (Wildman–Crippen MR) is 77.0 cm³/mol. The molecule has 1 aromatic rings. The lowest BCUT2D eigenvalue weighted by molar-refractivity contribution is 0.0857. The molecule has 0 radical (unpaired) electrons. The van der Waals surface area contributed by atoms with Crippen molar-refractivity contribution in [3.8, 4) is 5.75 Å². The number of carbonyl (C=O) groups excluding carboxylic acids is 1. The second-order valence-corrected chi connectivity index (χ2v) is 5.36. The molecule has 1 amide bonds. The van der Waals surface area contributed by atoms with Crippen molar-refractivity contribution in [2.75, 3.05) is 20.3 Å². The van der Waals surface area contributed by atoms with Crippen molar-refractivity contribution in [1.82, 2.24) is 5.32 Å². The number of hydrogen-bond donors (Lipinski definition) is 1. The van der Waals surface area contributed by atoms with Gasteiger partial charge in [-0.05, 0) is 53.6 Å². The molecule has 1 aromatic carbocycles. The van der Waals surface area contributed by atoms with Gasteiger partial charge in [-0.1, -0.05) is 0 Å². The second-order valence-electron chi connectivity index (χ2n) is 4.19. The van der Waals surface area contributed by atoms with E-state index in [2.05, 4.69) is 27.9 Å². The minimum atomic E-state index is -0.0638. The molecule has 0 bridgehead atoms. The molecule has 4 nitrogen and oxygen atoms in total. The molecule has 1 saturated heterocycles. The molecule has 1 aliphatic rings. The highest BCUT2D eigenvalue weighted by molar-refractivity contribution is 14.1. The summed E-state index contributed by atoms with van der Waals surface area (Å²) in [6.07, 6.45) is 2.28. The van der Waals surface area contributed by atoms with Gasteiger partial charge in [-0.25, -0.2) is 0 Å². The van der Waals surface area contributed by atoms with E-state index >= 15 is 0 Å². The molecule has 2 rings (SSSR count). The van der Waals surface area contributed by atoms with Crippen molar-refractivity contribution in [1.29, 1.82) is 0 Å². The van der Waals surface area contributed by atoms with Crippen molar-refractivity contribution in [3.63, 3.8) is 0 Å². The SMILES string of the molecule is COc1ccc(C(=O)NC[C@H]2CCCO2)cc1I. The number of benzene rings is 1. The Kier molecular flexibility index (Phi) is 4.82. The van der Waals surface area contributed by atoms with Gasteiger partial charge in [0.05, 0.1) is 16.8 Å². The highest BCUT2D eigenvalue weighted by atomic mass is 127. The number of hydrogen-bond acceptors (Lipinski definition) is 3. The van der Waals surface area contributed by atoms with Crippen LogP contribution in [0.4, 0.5) is 0 Å². The Balaban J connectivity index is 1.93. The van der Waals surface area contributed by atoms with Crippen LogP contribution in [0.5, 0.6) is 5.75 Å². The van der Waals surface area contributed by atoms with E-state index in [0.29, 0.717) is 12.1 Å². The summed E-state index contributed by atoms with van der Waals surface area (Å²) >= 11 is 2.16. The van der Waals surface area contributed by atoms with E-state index in [-0.39, 0.29) is 12.0 Å². The first-order valence-electron chi connectivity index (χ1n) is 5.94. The minimum Gasteiger partial charge on any atom is -0.496 e. The highest BCUT2D eigenvalue weighted by Crippen LogP contribution is 2.21. The molecule has 0 aromatic heterocycles. The Labute approximate surface area is 120 Å². The van der Waals surface area contributed by atoms with Crippen LogP contribution in [0.25, 0.3) is 0 Å². The maximum atomic E-state index is 11.9. The van der Waals surface area contributed by atoms with Gasteiger partial charge >= 0.3 is 0 Å². The summed E-state index contributed by atoms with van der Waals surface area (Å²) in [6.45, 7) is 1.39. The summed E-state index contributed by atoms with van der Waals surface area (Å²) < 4.78 is 11.6. The van der Waals surface area contributed by atoms with Crippen LogP contribution in [0.15, 0.2) is 18.2 Å². The number of amides is 1. The van der Waals surface area contributed by atoms with Crippen LogP contribution < -0.4 is 10.1 Å². The molecule has 1 atom stereocenters. The number of carbonyl (C=O) groups is 1. The number of methoxy groups -OCH3 is 1. The van der Waals surface area contributed by atoms with Crippen LogP contribution >= 0.6 is 22.6 Å². The fourth-order valence-electron chi connectivity index (χ4n) is 1.92. The van der Waals surface area contributed by atoms with Gasteiger partial charge < -0.3 is 14.8 Å². The van der Waals surface area contributed by atoms with Crippen molar-refractivity contribution >= 4 is 28.5 Å². The lowest BCUT2D eigenvalue weighted by atomic mass is 10.2. The van der Waals surface area contributed by atoms with Gasteiger partial charge in [-0.2, -0.15) is 0 Å².